The molecule has 0 saturated carbocycles. The predicted octanol–water partition coefficient (Wildman–Crippen LogP) is 4.08. The quantitative estimate of drug-likeness (QED) is 0.747. The fourth-order valence-electron chi connectivity index (χ4n) is 1.88. The molecule has 2 heterocycles. The van der Waals surface area contributed by atoms with E-state index in [1.165, 1.54) is 0 Å². The van der Waals surface area contributed by atoms with Crippen LogP contribution in [0.5, 0.6) is 0 Å². The van der Waals surface area contributed by atoms with Crippen LogP contribution >= 0.6 is 15.9 Å². The second-order valence-corrected chi connectivity index (χ2v) is 5.17. The number of aryl methyl sites for hydroxylation is 1. The molecule has 0 atom stereocenters. The van der Waals surface area contributed by atoms with Crippen molar-refractivity contribution >= 4 is 38.6 Å². The lowest BCUT2D eigenvalue weighted by Gasteiger charge is -2.06. The average molecular weight is 319 g/mol. The van der Waals surface area contributed by atoms with Gasteiger partial charge >= 0.3 is 0 Å². The smallest absolute Gasteiger partial charge is 0.272 e. The van der Waals surface area contributed by atoms with E-state index in [0.29, 0.717) is 11.3 Å². The van der Waals surface area contributed by atoms with Crippen molar-refractivity contribution in [2.24, 2.45) is 0 Å². The molecular weight excluding hydrogens is 308 g/mol. The summed E-state index contributed by atoms with van der Waals surface area (Å²) in [5, 5.41) is 2.85. The SMILES string of the molecule is Cc1ccc(NC(=O)c2cc3occc3[nH]2)c(Br)c1. The van der Waals surface area contributed by atoms with Crippen LogP contribution in [0, 0.1) is 6.92 Å². The molecule has 0 aliphatic heterocycles. The van der Waals surface area contributed by atoms with E-state index < -0.39 is 0 Å². The maximum Gasteiger partial charge on any atom is 0.272 e. The molecule has 3 aromatic rings. The van der Waals surface area contributed by atoms with Crippen LogP contribution in [0.25, 0.3) is 11.1 Å². The number of hydrogen-bond donors (Lipinski definition) is 2. The summed E-state index contributed by atoms with van der Waals surface area (Å²) in [7, 11) is 0. The zero-order chi connectivity index (χ0) is 13.4. The van der Waals surface area contributed by atoms with E-state index in [2.05, 4.69) is 26.2 Å². The third-order valence-corrected chi connectivity index (χ3v) is 3.51. The number of halogens is 1. The van der Waals surface area contributed by atoms with E-state index in [1.807, 2.05) is 25.1 Å². The number of aromatic amines is 1. The first kappa shape index (κ1) is 12.0. The number of furan rings is 1. The van der Waals surface area contributed by atoms with Crippen LogP contribution in [0.2, 0.25) is 0 Å². The minimum atomic E-state index is -0.198. The summed E-state index contributed by atoms with van der Waals surface area (Å²) in [4.78, 5) is 15.1. The molecule has 0 aliphatic carbocycles. The van der Waals surface area contributed by atoms with Crippen LogP contribution in [-0.4, -0.2) is 10.9 Å². The van der Waals surface area contributed by atoms with Gasteiger partial charge in [0.2, 0.25) is 0 Å². The highest BCUT2D eigenvalue weighted by molar-refractivity contribution is 9.10. The maximum atomic E-state index is 12.1. The molecule has 2 N–H and O–H groups in total. The Labute approximate surface area is 117 Å². The van der Waals surface area contributed by atoms with E-state index in [9.17, 15) is 4.79 Å². The molecule has 19 heavy (non-hydrogen) atoms. The standard InChI is InChI=1S/C14H11BrN2O2/c1-8-2-3-10(9(15)6-8)17-14(18)12-7-13-11(16-12)4-5-19-13/h2-7,16H,1H3,(H,17,18). The van der Waals surface area contributed by atoms with Crippen molar-refractivity contribution in [3.05, 3.63) is 52.3 Å². The molecular formula is C14H11BrN2O2. The monoisotopic (exact) mass is 318 g/mol. The minimum absolute atomic E-state index is 0.198. The van der Waals surface area contributed by atoms with Gasteiger partial charge in [-0.3, -0.25) is 4.79 Å². The van der Waals surface area contributed by atoms with E-state index in [4.69, 9.17) is 4.42 Å². The number of amides is 1. The summed E-state index contributed by atoms with van der Waals surface area (Å²) >= 11 is 3.43. The zero-order valence-corrected chi connectivity index (χ0v) is 11.7. The zero-order valence-electron chi connectivity index (χ0n) is 10.2. The Morgan fingerprint density at radius 3 is 2.89 bits per heavy atom. The summed E-state index contributed by atoms with van der Waals surface area (Å²) in [5.74, 6) is -0.198. The molecule has 1 amide bonds. The number of fused-ring (bicyclic) bond motifs is 1. The molecule has 96 valence electrons. The van der Waals surface area contributed by atoms with Crippen LogP contribution in [0.15, 0.2) is 45.5 Å². The molecule has 3 rings (SSSR count). The van der Waals surface area contributed by atoms with E-state index >= 15 is 0 Å². The summed E-state index contributed by atoms with van der Waals surface area (Å²) in [6.45, 7) is 2.00. The Morgan fingerprint density at radius 1 is 1.32 bits per heavy atom. The van der Waals surface area contributed by atoms with E-state index in [0.717, 1.165) is 21.2 Å². The van der Waals surface area contributed by atoms with Gasteiger partial charge in [0.15, 0.2) is 5.58 Å². The molecule has 1 aromatic carbocycles. The van der Waals surface area contributed by atoms with Gasteiger partial charge in [-0.05, 0) is 40.5 Å². The second-order valence-electron chi connectivity index (χ2n) is 4.32. The molecule has 5 heteroatoms. The highest BCUT2D eigenvalue weighted by atomic mass is 79.9. The Hall–Kier alpha value is -2.01. The predicted molar refractivity (Wildman–Crippen MR) is 77.4 cm³/mol. The van der Waals surface area contributed by atoms with Crippen molar-refractivity contribution in [1.29, 1.82) is 0 Å². The van der Waals surface area contributed by atoms with E-state index in [1.54, 1.807) is 18.4 Å². The highest BCUT2D eigenvalue weighted by Crippen LogP contribution is 2.24. The maximum absolute atomic E-state index is 12.1. The Kier molecular flexibility index (Phi) is 2.91. The lowest BCUT2D eigenvalue weighted by atomic mass is 10.2. The van der Waals surface area contributed by atoms with Gasteiger partial charge in [-0.15, -0.1) is 0 Å². The lowest BCUT2D eigenvalue weighted by molar-refractivity contribution is 0.102. The molecule has 0 fully saturated rings. The Morgan fingerprint density at radius 2 is 2.16 bits per heavy atom. The van der Waals surface area contributed by atoms with Gasteiger partial charge in [0, 0.05) is 16.6 Å². The largest absolute Gasteiger partial charge is 0.463 e. The Bertz CT molecular complexity index is 729. The van der Waals surface area contributed by atoms with Gasteiger partial charge in [0.05, 0.1) is 17.5 Å². The summed E-state index contributed by atoms with van der Waals surface area (Å²) < 4.78 is 6.08. The van der Waals surface area contributed by atoms with Gasteiger partial charge in [-0.1, -0.05) is 6.07 Å². The van der Waals surface area contributed by atoms with Crippen LogP contribution < -0.4 is 5.32 Å². The molecule has 2 aromatic heterocycles. The number of carbonyl (C=O) groups excluding carboxylic acids is 1. The van der Waals surface area contributed by atoms with Crippen molar-refractivity contribution in [3.63, 3.8) is 0 Å². The number of aromatic nitrogens is 1. The summed E-state index contributed by atoms with van der Waals surface area (Å²) in [6.07, 6.45) is 1.58. The Balaban J connectivity index is 1.86. The van der Waals surface area contributed by atoms with Crippen LogP contribution in [0.1, 0.15) is 16.1 Å². The summed E-state index contributed by atoms with van der Waals surface area (Å²) in [5.41, 5.74) is 3.83. The third kappa shape index (κ3) is 2.29. The van der Waals surface area contributed by atoms with Crippen molar-refractivity contribution in [2.45, 2.75) is 6.92 Å². The van der Waals surface area contributed by atoms with Gasteiger partial charge in [0.1, 0.15) is 5.69 Å². The minimum Gasteiger partial charge on any atom is -0.463 e. The molecule has 0 spiro atoms. The fraction of sp³-hybridized carbons (Fsp3) is 0.0714. The highest BCUT2D eigenvalue weighted by Gasteiger charge is 2.12. The van der Waals surface area contributed by atoms with E-state index in [-0.39, 0.29) is 5.91 Å². The summed E-state index contributed by atoms with van der Waals surface area (Å²) in [6, 6.07) is 9.24. The van der Waals surface area contributed by atoms with Gasteiger partial charge in [0.25, 0.3) is 5.91 Å². The van der Waals surface area contributed by atoms with Crippen LogP contribution in [0.4, 0.5) is 5.69 Å². The van der Waals surface area contributed by atoms with Crippen molar-refractivity contribution < 1.29 is 9.21 Å². The van der Waals surface area contributed by atoms with Crippen LogP contribution in [0.3, 0.4) is 0 Å². The average Bonchev–Trinajstić information content (AvgIpc) is 2.93. The topological polar surface area (TPSA) is 58.0 Å². The molecule has 0 aliphatic rings. The third-order valence-electron chi connectivity index (χ3n) is 2.86. The first-order chi connectivity index (χ1) is 9.13. The fourth-order valence-corrected chi connectivity index (χ4v) is 2.47. The number of rotatable bonds is 2. The van der Waals surface area contributed by atoms with Crippen LogP contribution in [-0.2, 0) is 0 Å². The van der Waals surface area contributed by atoms with Crippen molar-refractivity contribution in [3.8, 4) is 0 Å². The van der Waals surface area contributed by atoms with Crippen molar-refractivity contribution in [1.82, 2.24) is 4.98 Å². The normalized spacial score (nSPS) is 10.8. The van der Waals surface area contributed by atoms with Gasteiger partial charge < -0.3 is 14.7 Å². The number of anilines is 1. The molecule has 0 radical (unpaired) electrons. The lowest BCUT2D eigenvalue weighted by Crippen LogP contribution is -2.12. The first-order valence-electron chi connectivity index (χ1n) is 5.77. The number of carbonyl (C=O) groups is 1. The number of H-pyrrole nitrogens is 1. The molecule has 0 unspecified atom stereocenters. The van der Waals surface area contributed by atoms with Gasteiger partial charge in [-0.25, -0.2) is 0 Å². The number of benzene rings is 1. The first-order valence-corrected chi connectivity index (χ1v) is 6.56. The van der Waals surface area contributed by atoms with Gasteiger partial charge in [-0.2, -0.15) is 0 Å². The molecule has 0 saturated heterocycles. The second kappa shape index (κ2) is 4.59. The van der Waals surface area contributed by atoms with Crippen molar-refractivity contribution in [2.75, 3.05) is 5.32 Å². The number of nitrogens with one attached hydrogen (secondary N) is 2. The molecule has 0 bridgehead atoms. The molecule has 4 nitrogen and oxygen atoms in total. The number of hydrogen-bond acceptors (Lipinski definition) is 2.